The average molecular weight is 275 g/mol. The molecular weight excluding hydrogens is 258 g/mol. The molecule has 106 valence electrons. The molecular formula is C13H17N5O2. The van der Waals surface area contributed by atoms with E-state index in [0.717, 1.165) is 23.6 Å². The maximum absolute atomic E-state index is 11.2. The predicted octanol–water partition coefficient (Wildman–Crippen LogP) is 0.888. The fourth-order valence-corrected chi connectivity index (χ4v) is 2.63. The average Bonchev–Trinajstić information content (AvgIpc) is 3.00. The molecule has 0 bridgehead atoms. The van der Waals surface area contributed by atoms with E-state index in [-0.39, 0.29) is 5.92 Å². The molecule has 0 fully saturated rings. The number of rotatable bonds is 3. The van der Waals surface area contributed by atoms with Gasteiger partial charge in [0.05, 0.1) is 11.6 Å². The third-order valence-electron chi connectivity index (χ3n) is 3.82. The molecule has 1 aliphatic heterocycles. The molecule has 1 unspecified atom stereocenters. The Balaban J connectivity index is 2.02. The summed E-state index contributed by atoms with van der Waals surface area (Å²) in [7, 11) is 1.87. The number of aromatic nitrogens is 5. The highest BCUT2D eigenvalue weighted by Gasteiger charge is 2.28. The molecule has 0 spiro atoms. The smallest absolute Gasteiger partial charge is 0.308 e. The summed E-state index contributed by atoms with van der Waals surface area (Å²) in [5.74, 6) is 0.447. The molecule has 7 heteroatoms. The lowest BCUT2D eigenvalue weighted by atomic mass is 9.99. The van der Waals surface area contributed by atoms with Gasteiger partial charge in [-0.3, -0.25) is 9.48 Å². The monoisotopic (exact) mass is 275 g/mol. The molecule has 0 amide bonds. The Bertz CT molecular complexity index is 658. The fraction of sp³-hybridized carbons (Fsp3) is 0.538. The molecule has 0 aromatic carbocycles. The van der Waals surface area contributed by atoms with Crippen molar-refractivity contribution in [3.05, 3.63) is 17.6 Å². The van der Waals surface area contributed by atoms with Crippen LogP contribution in [0.25, 0.3) is 11.5 Å². The molecule has 3 heterocycles. The lowest BCUT2D eigenvalue weighted by Gasteiger charge is -2.20. The van der Waals surface area contributed by atoms with Gasteiger partial charge in [0.1, 0.15) is 11.5 Å². The first-order valence-electron chi connectivity index (χ1n) is 6.78. The van der Waals surface area contributed by atoms with E-state index in [9.17, 15) is 9.90 Å². The summed E-state index contributed by atoms with van der Waals surface area (Å²) in [4.78, 5) is 11.2. The van der Waals surface area contributed by atoms with Crippen LogP contribution < -0.4 is 0 Å². The van der Waals surface area contributed by atoms with Gasteiger partial charge < -0.3 is 9.67 Å². The first kappa shape index (κ1) is 12.8. The lowest BCUT2D eigenvalue weighted by Crippen LogP contribution is -2.27. The molecule has 0 saturated heterocycles. The minimum atomic E-state index is -0.755. The van der Waals surface area contributed by atoms with Gasteiger partial charge in [-0.25, -0.2) is 0 Å². The van der Waals surface area contributed by atoms with E-state index in [1.54, 1.807) is 4.68 Å². The highest BCUT2D eigenvalue weighted by atomic mass is 16.4. The minimum Gasteiger partial charge on any atom is -0.481 e. The number of aliphatic carboxylic acids is 1. The Kier molecular flexibility index (Phi) is 3.04. The number of carbonyl (C=O) groups is 1. The summed E-state index contributed by atoms with van der Waals surface area (Å²) in [6.07, 6.45) is 2.13. The van der Waals surface area contributed by atoms with Gasteiger partial charge in [0.2, 0.25) is 0 Å². The summed E-state index contributed by atoms with van der Waals surface area (Å²) >= 11 is 0. The van der Waals surface area contributed by atoms with Crippen molar-refractivity contribution >= 4 is 5.97 Å². The zero-order chi connectivity index (χ0) is 14.3. The molecule has 0 saturated carbocycles. The molecule has 1 aliphatic rings. The van der Waals surface area contributed by atoms with Gasteiger partial charge in [0.25, 0.3) is 0 Å². The second-order valence-corrected chi connectivity index (χ2v) is 5.12. The third-order valence-corrected chi connectivity index (χ3v) is 3.82. The van der Waals surface area contributed by atoms with Crippen LogP contribution in [0.15, 0.2) is 6.07 Å². The van der Waals surface area contributed by atoms with E-state index in [0.29, 0.717) is 25.2 Å². The van der Waals surface area contributed by atoms with E-state index in [4.69, 9.17) is 0 Å². The lowest BCUT2D eigenvalue weighted by molar-refractivity contribution is -0.142. The molecule has 20 heavy (non-hydrogen) atoms. The Morgan fingerprint density at radius 3 is 2.95 bits per heavy atom. The summed E-state index contributed by atoms with van der Waals surface area (Å²) in [6, 6.07) is 1.99. The minimum absolute atomic E-state index is 0.365. The molecule has 0 radical (unpaired) electrons. The van der Waals surface area contributed by atoms with Gasteiger partial charge >= 0.3 is 5.97 Å². The van der Waals surface area contributed by atoms with Gasteiger partial charge in [0.15, 0.2) is 5.82 Å². The van der Waals surface area contributed by atoms with Crippen LogP contribution in [-0.4, -0.2) is 35.6 Å². The topological polar surface area (TPSA) is 85.8 Å². The van der Waals surface area contributed by atoms with Crippen LogP contribution in [0, 0.1) is 5.92 Å². The van der Waals surface area contributed by atoms with E-state index in [1.807, 2.05) is 24.6 Å². The number of carboxylic acid groups (broad SMARTS) is 1. The van der Waals surface area contributed by atoms with E-state index < -0.39 is 5.97 Å². The van der Waals surface area contributed by atoms with Crippen molar-refractivity contribution in [3.8, 4) is 11.5 Å². The zero-order valence-corrected chi connectivity index (χ0v) is 11.6. The van der Waals surface area contributed by atoms with Crippen molar-refractivity contribution in [2.24, 2.45) is 13.0 Å². The number of carboxylic acids is 1. The van der Waals surface area contributed by atoms with Crippen molar-refractivity contribution < 1.29 is 9.90 Å². The molecule has 0 aliphatic carbocycles. The number of nitrogens with zero attached hydrogens (tertiary/aromatic N) is 5. The van der Waals surface area contributed by atoms with E-state index in [2.05, 4.69) is 15.3 Å². The second-order valence-electron chi connectivity index (χ2n) is 5.12. The molecule has 2 aromatic heterocycles. The Hall–Kier alpha value is -2.18. The van der Waals surface area contributed by atoms with Crippen LogP contribution in [0.1, 0.15) is 24.9 Å². The molecule has 1 N–H and O–H groups in total. The number of aryl methyl sites for hydroxylation is 3. The van der Waals surface area contributed by atoms with Crippen molar-refractivity contribution in [2.45, 2.75) is 32.7 Å². The molecule has 3 rings (SSSR count). The van der Waals surface area contributed by atoms with Gasteiger partial charge in [-0.15, -0.1) is 10.2 Å². The molecule has 1 atom stereocenters. The van der Waals surface area contributed by atoms with Crippen LogP contribution in [0.4, 0.5) is 0 Å². The fourth-order valence-electron chi connectivity index (χ4n) is 2.63. The first-order chi connectivity index (χ1) is 9.60. The number of hydrogen-bond acceptors (Lipinski definition) is 4. The maximum Gasteiger partial charge on any atom is 0.308 e. The highest BCUT2D eigenvalue weighted by molar-refractivity contribution is 5.70. The summed E-state index contributed by atoms with van der Waals surface area (Å²) in [5, 5.41) is 22.0. The summed E-state index contributed by atoms with van der Waals surface area (Å²) < 4.78 is 3.69. The quantitative estimate of drug-likeness (QED) is 0.899. The molecule has 2 aromatic rings. The van der Waals surface area contributed by atoms with Gasteiger partial charge in [-0.2, -0.15) is 5.10 Å². The van der Waals surface area contributed by atoms with E-state index in [1.165, 1.54) is 0 Å². The van der Waals surface area contributed by atoms with Gasteiger partial charge in [0, 0.05) is 20.0 Å². The van der Waals surface area contributed by atoms with Crippen molar-refractivity contribution in [1.82, 2.24) is 24.5 Å². The summed E-state index contributed by atoms with van der Waals surface area (Å²) in [6.45, 7) is 2.48. The van der Waals surface area contributed by atoms with Gasteiger partial charge in [-0.1, -0.05) is 6.92 Å². The second kappa shape index (κ2) is 4.73. The number of hydrogen-bond donors (Lipinski definition) is 1. The highest BCUT2D eigenvalue weighted by Crippen LogP contribution is 2.26. The normalized spacial score (nSPS) is 18.0. The van der Waals surface area contributed by atoms with Crippen LogP contribution in [0.5, 0.6) is 0 Å². The first-order valence-corrected chi connectivity index (χ1v) is 6.78. The number of fused-ring (bicyclic) bond motifs is 1. The van der Waals surface area contributed by atoms with Crippen molar-refractivity contribution in [1.29, 1.82) is 0 Å². The Morgan fingerprint density at radius 2 is 2.30 bits per heavy atom. The maximum atomic E-state index is 11.2. The van der Waals surface area contributed by atoms with Crippen LogP contribution >= 0.6 is 0 Å². The summed E-state index contributed by atoms with van der Waals surface area (Å²) in [5.41, 5.74) is 1.87. The van der Waals surface area contributed by atoms with Crippen LogP contribution in [0.3, 0.4) is 0 Å². The van der Waals surface area contributed by atoms with Crippen molar-refractivity contribution in [2.75, 3.05) is 0 Å². The Labute approximate surface area is 116 Å². The Morgan fingerprint density at radius 1 is 1.50 bits per heavy atom. The third kappa shape index (κ3) is 1.99. The van der Waals surface area contributed by atoms with Crippen LogP contribution in [-0.2, 0) is 31.2 Å². The van der Waals surface area contributed by atoms with E-state index >= 15 is 0 Å². The zero-order valence-electron chi connectivity index (χ0n) is 11.6. The largest absolute Gasteiger partial charge is 0.481 e. The van der Waals surface area contributed by atoms with Crippen molar-refractivity contribution in [3.63, 3.8) is 0 Å². The SMILES string of the molecule is CCc1cc(-c2nnc3n2CC(C(=O)O)CC3)n(C)n1. The van der Waals surface area contributed by atoms with Gasteiger partial charge in [-0.05, 0) is 18.9 Å². The molecule has 7 nitrogen and oxygen atoms in total. The van der Waals surface area contributed by atoms with Crippen LogP contribution in [0.2, 0.25) is 0 Å². The standard InChI is InChI=1S/C13H17N5O2/c1-3-9-6-10(17(2)16-9)12-15-14-11-5-4-8(13(19)20)7-18(11)12/h6,8H,3-5,7H2,1-2H3,(H,19,20). The predicted molar refractivity (Wildman–Crippen MR) is 71.0 cm³/mol.